The minimum absolute atomic E-state index is 0.0648. The topological polar surface area (TPSA) is 49.3 Å². The average molecular weight is 357 g/mol. The molecule has 1 aliphatic carbocycles. The number of carbonyl (C=O) groups is 1. The fraction of sp³-hybridized carbons (Fsp3) is 0.762. The number of nitrogens with zero attached hydrogens (tertiary/aromatic N) is 4. The highest BCUT2D eigenvalue weighted by molar-refractivity contribution is 5.74. The summed E-state index contributed by atoms with van der Waals surface area (Å²) >= 11 is 0. The van der Waals surface area contributed by atoms with Crippen LogP contribution in [-0.4, -0.2) is 40.4 Å². The first-order chi connectivity index (χ1) is 12.6. The van der Waals surface area contributed by atoms with Crippen LogP contribution in [0.1, 0.15) is 81.4 Å². The van der Waals surface area contributed by atoms with Gasteiger partial charge in [-0.15, -0.1) is 0 Å². The van der Waals surface area contributed by atoms with Crippen LogP contribution in [0.4, 0.5) is 5.82 Å². The van der Waals surface area contributed by atoms with Gasteiger partial charge in [0.25, 0.3) is 0 Å². The molecule has 1 unspecified atom stereocenters. The third-order valence-electron chi connectivity index (χ3n) is 6.52. The molecule has 5 heteroatoms. The van der Waals surface area contributed by atoms with Crippen LogP contribution in [0.2, 0.25) is 0 Å². The second-order valence-corrected chi connectivity index (χ2v) is 8.39. The second-order valence-electron chi connectivity index (χ2n) is 8.39. The Kier molecular flexibility index (Phi) is 5.14. The van der Waals surface area contributed by atoms with Crippen LogP contribution in [0.3, 0.4) is 0 Å². The third kappa shape index (κ3) is 3.45. The molecule has 1 atom stereocenters. The Morgan fingerprint density at radius 2 is 1.85 bits per heavy atom. The van der Waals surface area contributed by atoms with Crippen LogP contribution < -0.4 is 4.90 Å². The maximum atomic E-state index is 12.0. The predicted octanol–water partition coefficient (Wildman–Crippen LogP) is 3.80. The van der Waals surface area contributed by atoms with Gasteiger partial charge in [0, 0.05) is 37.8 Å². The number of hydrogen-bond donors (Lipinski definition) is 0. The van der Waals surface area contributed by atoms with Crippen LogP contribution in [-0.2, 0) is 11.2 Å². The summed E-state index contributed by atoms with van der Waals surface area (Å²) < 4.78 is 0. The highest BCUT2D eigenvalue weighted by atomic mass is 16.2. The summed E-state index contributed by atoms with van der Waals surface area (Å²) in [6, 6.07) is 0.0648. The molecule has 0 spiro atoms. The number of carbonyl (C=O) groups excluding carboxylic acids is 1. The van der Waals surface area contributed by atoms with Gasteiger partial charge in [-0.25, -0.2) is 9.97 Å². The van der Waals surface area contributed by atoms with E-state index in [0.717, 1.165) is 56.3 Å². The number of rotatable bonds is 3. The van der Waals surface area contributed by atoms with Gasteiger partial charge < -0.3 is 9.80 Å². The number of hydrogen-bond acceptors (Lipinski definition) is 4. The van der Waals surface area contributed by atoms with Gasteiger partial charge in [-0.3, -0.25) is 4.79 Å². The van der Waals surface area contributed by atoms with Crippen molar-refractivity contribution in [2.75, 3.05) is 24.5 Å². The maximum Gasteiger partial charge on any atom is 0.220 e. The Hall–Kier alpha value is -1.65. The van der Waals surface area contributed by atoms with Gasteiger partial charge >= 0.3 is 0 Å². The predicted molar refractivity (Wildman–Crippen MR) is 103 cm³/mol. The fourth-order valence-electron chi connectivity index (χ4n) is 5.13. The molecule has 142 valence electrons. The van der Waals surface area contributed by atoms with Crippen molar-refractivity contribution in [3.63, 3.8) is 0 Å². The first-order valence-corrected chi connectivity index (χ1v) is 10.5. The van der Waals surface area contributed by atoms with E-state index in [1.807, 2.05) is 4.90 Å². The fourth-order valence-corrected chi connectivity index (χ4v) is 5.13. The SMILES string of the molecule is CC(=O)N1CCCC1c1nc(C)c2c(n1)N(CC1CCCCC1)CCC2. The molecule has 3 aliphatic rings. The molecular weight excluding hydrogens is 324 g/mol. The molecule has 0 N–H and O–H groups in total. The molecule has 0 radical (unpaired) electrons. The van der Waals surface area contributed by atoms with Crippen LogP contribution >= 0.6 is 0 Å². The summed E-state index contributed by atoms with van der Waals surface area (Å²) in [5, 5.41) is 0. The van der Waals surface area contributed by atoms with E-state index in [1.54, 1.807) is 6.92 Å². The van der Waals surface area contributed by atoms with Gasteiger partial charge in [0.2, 0.25) is 5.91 Å². The minimum Gasteiger partial charge on any atom is -0.356 e. The molecule has 26 heavy (non-hydrogen) atoms. The van der Waals surface area contributed by atoms with Crippen LogP contribution in [0, 0.1) is 12.8 Å². The number of fused-ring (bicyclic) bond motifs is 1. The molecule has 1 amide bonds. The van der Waals surface area contributed by atoms with E-state index in [1.165, 1.54) is 49.9 Å². The highest BCUT2D eigenvalue weighted by Gasteiger charge is 2.32. The molecule has 0 bridgehead atoms. The maximum absolute atomic E-state index is 12.0. The molecule has 3 heterocycles. The Morgan fingerprint density at radius 3 is 2.62 bits per heavy atom. The first kappa shape index (κ1) is 17.7. The molecule has 4 rings (SSSR count). The average Bonchev–Trinajstić information content (AvgIpc) is 3.13. The van der Waals surface area contributed by atoms with Crippen LogP contribution in [0.15, 0.2) is 0 Å². The minimum atomic E-state index is 0.0648. The van der Waals surface area contributed by atoms with Gasteiger partial charge in [0.1, 0.15) is 5.82 Å². The van der Waals surface area contributed by atoms with Gasteiger partial charge in [-0.1, -0.05) is 19.3 Å². The number of aryl methyl sites for hydroxylation is 1. The van der Waals surface area contributed by atoms with Crippen LogP contribution in [0.5, 0.6) is 0 Å². The van der Waals surface area contributed by atoms with Crippen molar-refractivity contribution in [3.8, 4) is 0 Å². The lowest BCUT2D eigenvalue weighted by atomic mass is 9.88. The molecule has 1 saturated heterocycles. The van der Waals surface area contributed by atoms with Crippen molar-refractivity contribution in [3.05, 3.63) is 17.1 Å². The lowest BCUT2D eigenvalue weighted by Crippen LogP contribution is -2.37. The summed E-state index contributed by atoms with van der Waals surface area (Å²) in [6.45, 7) is 6.88. The normalized spacial score (nSPS) is 24.0. The first-order valence-electron chi connectivity index (χ1n) is 10.5. The zero-order valence-electron chi connectivity index (χ0n) is 16.3. The highest BCUT2D eigenvalue weighted by Crippen LogP contribution is 2.35. The summed E-state index contributed by atoms with van der Waals surface area (Å²) in [4.78, 5) is 26.4. The molecule has 5 nitrogen and oxygen atoms in total. The quantitative estimate of drug-likeness (QED) is 0.826. The molecule has 1 saturated carbocycles. The lowest BCUT2D eigenvalue weighted by molar-refractivity contribution is -0.129. The van der Waals surface area contributed by atoms with Crippen molar-refractivity contribution in [2.45, 2.75) is 77.7 Å². The largest absolute Gasteiger partial charge is 0.356 e. The van der Waals surface area contributed by atoms with Gasteiger partial charge in [-0.2, -0.15) is 0 Å². The van der Waals surface area contributed by atoms with Crippen molar-refractivity contribution in [1.29, 1.82) is 0 Å². The van der Waals surface area contributed by atoms with E-state index in [0.29, 0.717) is 0 Å². The molecule has 2 aliphatic heterocycles. The van der Waals surface area contributed by atoms with Crippen LogP contribution in [0.25, 0.3) is 0 Å². The Balaban J connectivity index is 1.62. The third-order valence-corrected chi connectivity index (χ3v) is 6.52. The zero-order chi connectivity index (χ0) is 18.1. The summed E-state index contributed by atoms with van der Waals surface area (Å²) in [6.07, 6.45) is 11.2. The van der Waals surface area contributed by atoms with E-state index < -0.39 is 0 Å². The van der Waals surface area contributed by atoms with E-state index >= 15 is 0 Å². The Bertz CT molecular complexity index is 668. The second kappa shape index (κ2) is 7.53. The number of aromatic nitrogens is 2. The summed E-state index contributed by atoms with van der Waals surface area (Å²) in [7, 11) is 0. The molecule has 1 aromatic heterocycles. The van der Waals surface area contributed by atoms with E-state index in [9.17, 15) is 4.79 Å². The number of amides is 1. The van der Waals surface area contributed by atoms with Gasteiger partial charge in [-0.05, 0) is 51.4 Å². The van der Waals surface area contributed by atoms with Gasteiger partial charge in [0.05, 0.1) is 6.04 Å². The number of anilines is 1. The summed E-state index contributed by atoms with van der Waals surface area (Å²) in [5.74, 6) is 2.99. The Morgan fingerprint density at radius 1 is 1.04 bits per heavy atom. The summed E-state index contributed by atoms with van der Waals surface area (Å²) in [5.41, 5.74) is 2.46. The molecular formula is C21H32N4O. The van der Waals surface area contributed by atoms with Crippen molar-refractivity contribution in [1.82, 2.24) is 14.9 Å². The molecule has 2 fully saturated rings. The van der Waals surface area contributed by atoms with Crippen molar-refractivity contribution in [2.24, 2.45) is 5.92 Å². The van der Waals surface area contributed by atoms with Crippen molar-refractivity contribution < 1.29 is 4.79 Å². The van der Waals surface area contributed by atoms with E-state index in [-0.39, 0.29) is 11.9 Å². The monoisotopic (exact) mass is 356 g/mol. The smallest absolute Gasteiger partial charge is 0.220 e. The zero-order valence-corrected chi connectivity index (χ0v) is 16.3. The van der Waals surface area contributed by atoms with Gasteiger partial charge in [0.15, 0.2) is 5.82 Å². The Labute approximate surface area is 157 Å². The van der Waals surface area contributed by atoms with E-state index in [2.05, 4.69) is 11.8 Å². The molecule has 0 aromatic carbocycles. The molecule has 1 aromatic rings. The number of likely N-dealkylation sites (tertiary alicyclic amines) is 1. The van der Waals surface area contributed by atoms with E-state index in [4.69, 9.17) is 9.97 Å². The van der Waals surface area contributed by atoms with Crippen molar-refractivity contribution >= 4 is 11.7 Å². The lowest BCUT2D eigenvalue weighted by Gasteiger charge is -2.35. The standard InChI is InChI=1S/C21H32N4O/c1-15-18-10-6-12-24(14-17-8-4-3-5-9-17)21(18)23-20(22-15)19-11-7-13-25(19)16(2)26/h17,19H,3-14H2,1-2H3.